The Morgan fingerprint density at radius 1 is 0.968 bits per heavy atom. The zero-order chi connectivity index (χ0) is 21.8. The molecular weight excluding hydrogens is 421 g/mol. The van der Waals surface area contributed by atoms with Crippen molar-refractivity contribution in [3.05, 3.63) is 54.3 Å². The van der Waals surface area contributed by atoms with Crippen molar-refractivity contribution < 1.29 is 22.3 Å². The lowest BCUT2D eigenvalue weighted by Gasteiger charge is -2.33. The number of hydrogen-bond donors (Lipinski definition) is 1. The number of hydrogen-bond acceptors (Lipinski definition) is 5. The number of morpholine rings is 1. The highest BCUT2D eigenvalue weighted by Gasteiger charge is 2.28. The molecule has 2 aliphatic rings. The van der Waals surface area contributed by atoms with E-state index in [0.717, 1.165) is 0 Å². The summed E-state index contributed by atoms with van der Waals surface area (Å²) < 4.78 is 46.0. The van der Waals surface area contributed by atoms with Gasteiger partial charge >= 0.3 is 0 Å². The van der Waals surface area contributed by atoms with Gasteiger partial charge in [0, 0.05) is 37.8 Å². The van der Waals surface area contributed by atoms with Gasteiger partial charge in [-0.25, -0.2) is 12.8 Å². The minimum Gasteiger partial charge on any atom is -0.379 e. The summed E-state index contributed by atoms with van der Waals surface area (Å²) in [6.45, 7) is 2.68. The molecule has 2 fully saturated rings. The van der Waals surface area contributed by atoms with Crippen molar-refractivity contribution in [2.45, 2.75) is 17.7 Å². The number of para-hydroxylation sites is 1. The molecule has 0 spiro atoms. The fourth-order valence-electron chi connectivity index (χ4n) is 3.98. The van der Waals surface area contributed by atoms with Crippen molar-refractivity contribution in [3.63, 3.8) is 0 Å². The number of nitrogens with one attached hydrogen (secondary N) is 1. The van der Waals surface area contributed by atoms with Crippen LogP contribution >= 0.6 is 0 Å². The quantitative estimate of drug-likeness (QED) is 0.763. The molecule has 1 amide bonds. The SMILES string of the molecule is O=C(Nc1ccc(S(=O)(=O)N2CCOCC2)cc1)C1CCN(c2ccccc2F)CC1. The second kappa shape index (κ2) is 9.33. The van der Waals surface area contributed by atoms with Crippen molar-refractivity contribution in [2.75, 3.05) is 49.6 Å². The normalized spacial score (nSPS) is 18.7. The van der Waals surface area contributed by atoms with Crippen LogP contribution in [0.15, 0.2) is 53.4 Å². The predicted octanol–water partition coefficient (Wildman–Crippen LogP) is 2.70. The molecule has 166 valence electrons. The standard InChI is InChI=1S/C22H26FN3O4S/c23-20-3-1-2-4-21(20)25-11-9-17(10-12-25)22(27)24-18-5-7-19(8-6-18)31(28,29)26-13-15-30-16-14-26/h1-8,17H,9-16H2,(H,24,27). The molecule has 0 saturated carbocycles. The first-order chi connectivity index (χ1) is 14.9. The number of carbonyl (C=O) groups is 1. The Morgan fingerprint density at radius 2 is 1.61 bits per heavy atom. The van der Waals surface area contributed by atoms with Crippen LogP contribution in [0, 0.1) is 11.7 Å². The molecule has 0 aliphatic carbocycles. The molecule has 2 aromatic rings. The minimum absolute atomic E-state index is 0.100. The predicted molar refractivity (Wildman–Crippen MR) is 116 cm³/mol. The van der Waals surface area contributed by atoms with E-state index in [9.17, 15) is 17.6 Å². The van der Waals surface area contributed by atoms with Crippen LogP contribution in [0.25, 0.3) is 0 Å². The molecule has 9 heteroatoms. The first-order valence-corrected chi connectivity index (χ1v) is 11.9. The molecule has 0 atom stereocenters. The molecule has 0 aromatic heterocycles. The van der Waals surface area contributed by atoms with Gasteiger partial charge in [0.2, 0.25) is 15.9 Å². The number of carbonyl (C=O) groups excluding carboxylic acids is 1. The summed E-state index contributed by atoms with van der Waals surface area (Å²) in [5, 5.41) is 2.88. The van der Waals surface area contributed by atoms with Crippen LogP contribution < -0.4 is 10.2 Å². The van der Waals surface area contributed by atoms with Gasteiger partial charge in [0.25, 0.3) is 0 Å². The number of anilines is 2. The van der Waals surface area contributed by atoms with E-state index < -0.39 is 10.0 Å². The first kappa shape index (κ1) is 21.7. The largest absolute Gasteiger partial charge is 0.379 e. The Labute approximate surface area is 181 Å². The molecule has 0 radical (unpaired) electrons. The zero-order valence-corrected chi connectivity index (χ0v) is 18.0. The Morgan fingerprint density at radius 3 is 2.26 bits per heavy atom. The molecule has 31 heavy (non-hydrogen) atoms. The van der Waals surface area contributed by atoms with Crippen LogP contribution in [0.2, 0.25) is 0 Å². The molecular formula is C22H26FN3O4S. The number of ether oxygens (including phenoxy) is 1. The topological polar surface area (TPSA) is 79.0 Å². The van der Waals surface area contributed by atoms with E-state index in [-0.39, 0.29) is 22.5 Å². The van der Waals surface area contributed by atoms with Gasteiger partial charge in [-0.1, -0.05) is 12.1 Å². The first-order valence-electron chi connectivity index (χ1n) is 10.4. The summed E-state index contributed by atoms with van der Waals surface area (Å²) in [5.74, 6) is -0.519. The third-order valence-electron chi connectivity index (χ3n) is 5.79. The van der Waals surface area contributed by atoms with Crippen LogP contribution in [0.1, 0.15) is 12.8 Å². The Bertz CT molecular complexity index is 1020. The van der Waals surface area contributed by atoms with Crippen molar-refractivity contribution >= 4 is 27.3 Å². The highest BCUT2D eigenvalue weighted by atomic mass is 32.2. The van der Waals surface area contributed by atoms with Gasteiger partial charge < -0.3 is 15.0 Å². The summed E-state index contributed by atoms with van der Waals surface area (Å²) in [5.41, 5.74) is 1.13. The lowest BCUT2D eigenvalue weighted by Crippen LogP contribution is -2.40. The molecule has 4 rings (SSSR count). The number of rotatable bonds is 5. The molecule has 2 aromatic carbocycles. The number of nitrogens with zero attached hydrogens (tertiary/aromatic N) is 2. The van der Waals surface area contributed by atoms with E-state index in [0.29, 0.717) is 63.6 Å². The van der Waals surface area contributed by atoms with E-state index >= 15 is 0 Å². The van der Waals surface area contributed by atoms with Gasteiger partial charge in [-0.3, -0.25) is 4.79 Å². The fraction of sp³-hybridized carbons (Fsp3) is 0.409. The number of benzene rings is 2. The highest BCUT2D eigenvalue weighted by molar-refractivity contribution is 7.89. The maximum Gasteiger partial charge on any atom is 0.243 e. The van der Waals surface area contributed by atoms with Crippen molar-refractivity contribution in [2.24, 2.45) is 5.92 Å². The van der Waals surface area contributed by atoms with Gasteiger partial charge in [-0.05, 0) is 49.2 Å². The van der Waals surface area contributed by atoms with Crippen molar-refractivity contribution in [1.29, 1.82) is 0 Å². The van der Waals surface area contributed by atoms with Gasteiger partial charge in [0.15, 0.2) is 0 Å². The van der Waals surface area contributed by atoms with Gasteiger partial charge in [0.05, 0.1) is 23.8 Å². The molecule has 1 N–H and O–H groups in total. The lowest BCUT2D eigenvalue weighted by molar-refractivity contribution is -0.120. The van der Waals surface area contributed by atoms with Gasteiger partial charge in [0.1, 0.15) is 5.82 Å². The maximum atomic E-state index is 14.0. The summed E-state index contributed by atoms with van der Waals surface area (Å²) in [6.07, 6.45) is 1.26. The average Bonchev–Trinajstić information content (AvgIpc) is 2.80. The number of sulfonamides is 1. The second-order valence-corrected chi connectivity index (χ2v) is 9.68. The number of piperidine rings is 1. The molecule has 0 unspecified atom stereocenters. The van der Waals surface area contributed by atoms with E-state index in [1.54, 1.807) is 30.3 Å². The lowest BCUT2D eigenvalue weighted by atomic mass is 9.95. The highest BCUT2D eigenvalue weighted by Crippen LogP contribution is 2.26. The minimum atomic E-state index is -3.56. The van der Waals surface area contributed by atoms with E-state index in [1.807, 2.05) is 4.90 Å². The second-order valence-electron chi connectivity index (χ2n) is 7.74. The Hall–Kier alpha value is -2.49. The van der Waals surface area contributed by atoms with Crippen LogP contribution in [-0.4, -0.2) is 58.0 Å². The Kier molecular flexibility index (Phi) is 6.54. The van der Waals surface area contributed by atoms with Crippen molar-refractivity contribution in [3.8, 4) is 0 Å². The monoisotopic (exact) mass is 447 g/mol. The van der Waals surface area contributed by atoms with Gasteiger partial charge in [-0.15, -0.1) is 0 Å². The van der Waals surface area contributed by atoms with Gasteiger partial charge in [-0.2, -0.15) is 4.31 Å². The van der Waals surface area contributed by atoms with Crippen LogP contribution in [-0.2, 0) is 19.6 Å². The third kappa shape index (κ3) is 4.89. The van der Waals surface area contributed by atoms with Crippen LogP contribution in [0.4, 0.5) is 15.8 Å². The number of halogens is 1. The fourth-order valence-corrected chi connectivity index (χ4v) is 5.39. The van der Waals surface area contributed by atoms with E-state index in [2.05, 4.69) is 5.32 Å². The Balaban J connectivity index is 1.33. The summed E-state index contributed by atoms with van der Waals surface area (Å²) >= 11 is 0. The summed E-state index contributed by atoms with van der Waals surface area (Å²) in [7, 11) is -3.56. The molecule has 2 heterocycles. The smallest absolute Gasteiger partial charge is 0.243 e. The third-order valence-corrected chi connectivity index (χ3v) is 7.70. The van der Waals surface area contributed by atoms with Crippen LogP contribution in [0.5, 0.6) is 0 Å². The zero-order valence-electron chi connectivity index (χ0n) is 17.2. The molecule has 2 aliphatic heterocycles. The molecule has 2 saturated heterocycles. The maximum absolute atomic E-state index is 14.0. The average molecular weight is 448 g/mol. The molecule has 0 bridgehead atoms. The van der Waals surface area contributed by atoms with E-state index in [4.69, 9.17) is 4.74 Å². The summed E-state index contributed by atoms with van der Waals surface area (Å²) in [6, 6.07) is 12.9. The summed E-state index contributed by atoms with van der Waals surface area (Å²) in [4.78, 5) is 14.8. The van der Waals surface area contributed by atoms with E-state index in [1.165, 1.54) is 22.5 Å². The number of amides is 1. The molecule has 7 nitrogen and oxygen atoms in total. The van der Waals surface area contributed by atoms with Crippen LogP contribution in [0.3, 0.4) is 0 Å². The van der Waals surface area contributed by atoms with Crippen molar-refractivity contribution in [1.82, 2.24) is 4.31 Å².